The average Bonchev–Trinajstić information content (AvgIpc) is 3.84. The Morgan fingerprint density at radius 2 is 1.39 bits per heavy atom. The molecule has 0 bridgehead atoms. The fourth-order valence-corrected chi connectivity index (χ4v) is 5.33. The molecule has 15 nitrogen and oxygen atoms in total. The highest BCUT2D eigenvalue weighted by Gasteiger charge is 2.37. The number of nitrogens with zero attached hydrogens (tertiary/aromatic N) is 4. The molecule has 0 radical (unpaired) electrons. The van der Waals surface area contributed by atoms with Crippen LogP contribution in [0.5, 0.6) is 0 Å². The fraction of sp³-hybridized carbons (Fsp3) is 0.0345. The molecule has 2 N–H and O–H groups in total. The number of amides is 4. The molecule has 4 aromatic rings. The van der Waals surface area contributed by atoms with Gasteiger partial charge in [-0.2, -0.15) is 13.2 Å². The number of rotatable bonds is 6. The maximum Gasteiger partial charge on any atom is 0.433 e. The minimum atomic E-state index is -4.60. The summed E-state index contributed by atoms with van der Waals surface area (Å²) >= 11 is 2.89. The van der Waals surface area contributed by atoms with Crippen LogP contribution in [0.25, 0.3) is 12.2 Å². The molecule has 0 spiro atoms. The number of benzene rings is 2. The number of nitro groups is 2. The molecule has 0 saturated carbocycles. The third kappa shape index (κ3) is 7.65. The zero-order valence-corrected chi connectivity index (χ0v) is 26.9. The Morgan fingerprint density at radius 3 is 1.94 bits per heavy atom. The van der Waals surface area contributed by atoms with Crippen LogP contribution in [0.3, 0.4) is 0 Å². The number of anilines is 2. The quantitative estimate of drug-likeness (QED) is 0.0843. The van der Waals surface area contributed by atoms with Crippen molar-refractivity contribution in [3.8, 4) is 0 Å². The summed E-state index contributed by atoms with van der Waals surface area (Å²) in [4.78, 5) is 68.9. The van der Waals surface area contributed by atoms with Crippen LogP contribution in [-0.2, 0) is 25.4 Å². The third-order valence-corrected chi connectivity index (χ3v) is 8.16. The van der Waals surface area contributed by atoms with E-state index in [0.717, 1.165) is 50.3 Å². The highest BCUT2D eigenvalue weighted by atomic mass is 127. The van der Waals surface area contributed by atoms with Gasteiger partial charge in [-0.3, -0.25) is 50.3 Å². The second-order valence-corrected chi connectivity index (χ2v) is 12.0. The number of hydrogen-bond acceptors (Lipinski definition) is 10. The molecule has 2 fully saturated rings. The van der Waals surface area contributed by atoms with Gasteiger partial charge in [0.1, 0.15) is 21.8 Å². The van der Waals surface area contributed by atoms with Gasteiger partial charge in [-0.25, -0.2) is 10.0 Å². The molecule has 4 amide bonds. The predicted octanol–water partition coefficient (Wildman–Crippen LogP) is 5.39. The number of halogens is 4. The maximum absolute atomic E-state index is 12.8. The molecule has 250 valence electrons. The Balaban J connectivity index is 0.000000192. The lowest BCUT2D eigenvalue weighted by molar-refractivity contribution is -0.402. The van der Waals surface area contributed by atoms with Gasteiger partial charge in [-0.1, -0.05) is 17.4 Å². The molecule has 0 unspecified atom stereocenters. The van der Waals surface area contributed by atoms with Crippen molar-refractivity contribution in [3.63, 3.8) is 0 Å². The van der Waals surface area contributed by atoms with Crippen molar-refractivity contribution in [3.05, 3.63) is 124 Å². The number of nitrogens with one attached hydrogen (secondary N) is 2. The minimum absolute atomic E-state index is 0.0552. The van der Waals surface area contributed by atoms with Gasteiger partial charge in [-0.05, 0) is 89.3 Å². The number of furan rings is 1. The Kier molecular flexibility index (Phi) is 9.61. The van der Waals surface area contributed by atoms with E-state index in [1.807, 2.05) is 0 Å². The van der Waals surface area contributed by atoms with E-state index in [1.54, 1.807) is 24.3 Å². The van der Waals surface area contributed by atoms with Crippen LogP contribution in [0.15, 0.2) is 88.4 Å². The van der Waals surface area contributed by atoms with Gasteiger partial charge >= 0.3 is 17.1 Å². The molecular weight excluding hydrogens is 792 g/mol. The van der Waals surface area contributed by atoms with Gasteiger partial charge in [0, 0.05) is 14.5 Å². The van der Waals surface area contributed by atoms with E-state index in [9.17, 15) is 52.6 Å². The lowest BCUT2D eigenvalue weighted by Gasteiger charge is -2.16. The van der Waals surface area contributed by atoms with E-state index in [-0.39, 0.29) is 27.6 Å². The van der Waals surface area contributed by atoms with Crippen LogP contribution in [0.4, 0.5) is 35.4 Å². The number of carbonyl (C=O) groups is 4. The van der Waals surface area contributed by atoms with Gasteiger partial charge in [0.25, 0.3) is 23.6 Å². The van der Waals surface area contributed by atoms with E-state index in [0.29, 0.717) is 15.6 Å². The summed E-state index contributed by atoms with van der Waals surface area (Å²) in [7, 11) is 0. The number of carbonyl (C=O) groups excluding carboxylic acids is 4. The molecule has 20 heteroatoms. The number of hydrazine groups is 2. The van der Waals surface area contributed by atoms with Crippen molar-refractivity contribution >= 4 is 92.0 Å². The van der Waals surface area contributed by atoms with E-state index >= 15 is 0 Å². The second kappa shape index (κ2) is 13.7. The molecule has 2 aliphatic heterocycles. The third-order valence-electron chi connectivity index (χ3n) is 6.46. The molecule has 2 aromatic carbocycles. The van der Waals surface area contributed by atoms with Gasteiger partial charge in [-0.15, -0.1) is 0 Å². The standard InChI is InChI=1S/C15H8F3N3O4S.C14H8IN3O5/c16-15(17,18)8-2-1-3-9(6-8)20-14(23)11(13(22)19-20)7-10-4-5-12(26-10)21(24)25;15-8-1-3-9(4-2-8)17-14(20)11(13(19)16-17)7-10-5-6-12(23-10)18(21)22/h1-7H,(H,19,22);1-7H,(H,16,19)/b2*11-7+. The Labute approximate surface area is 288 Å². The SMILES string of the molecule is O=C1NN(c2ccc(I)cc2)C(=O)/C1=C/c1ccc([N+](=O)[O-])o1.O=C1NN(c2cccc(C(F)(F)F)c2)C(=O)/C1=C/c1ccc([N+](=O)[O-])s1. The summed E-state index contributed by atoms with van der Waals surface area (Å²) in [6.45, 7) is 0. The average molecular weight is 808 g/mol. The molecule has 2 aromatic heterocycles. The van der Waals surface area contributed by atoms with Crippen molar-refractivity contribution in [1.29, 1.82) is 0 Å². The predicted molar refractivity (Wildman–Crippen MR) is 174 cm³/mol. The first-order valence-corrected chi connectivity index (χ1v) is 15.2. The van der Waals surface area contributed by atoms with Crippen LogP contribution in [-0.4, -0.2) is 33.5 Å². The molecule has 49 heavy (non-hydrogen) atoms. The first kappa shape index (κ1) is 34.4. The van der Waals surface area contributed by atoms with Crippen molar-refractivity contribution in [1.82, 2.24) is 10.9 Å². The second-order valence-electron chi connectivity index (χ2n) is 9.67. The van der Waals surface area contributed by atoms with Crippen molar-refractivity contribution in [2.24, 2.45) is 0 Å². The molecule has 0 atom stereocenters. The number of hydrogen-bond donors (Lipinski definition) is 2. The normalized spacial score (nSPS) is 16.2. The Hall–Kier alpha value is -5.90. The summed E-state index contributed by atoms with van der Waals surface area (Å²) < 4.78 is 44.3. The molecule has 2 aliphatic rings. The van der Waals surface area contributed by atoms with Crippen molar-refractivity contribution < 1.29 is 46.6 Å². The van der Waals surface area contributed by atoms with Crippen LogP contribution >= 0.6 is 33.9 Å². The number of thiophene rings is 1. The number of alkyl halides is 3. The van der Waals surface area contributed by atoms with Gasteiger partial charge in [0.15, 0.2) is 0 Å². The first-order valence-electron chi connectivity index (χ1n) is 13.3. The molecule has 6 rings (SSSR count). The summed E-state index contributed by atoms with van der Waals surface area (Å²) in [6.07, 6.45) is -2.27. The fourth-order valence-electron chi connectivity index (χ4n) is 4.21. The maximum atomic E-state index is 12.8. The zero-order valence-electron chi connectivity index (χ0n) is 24.0. The Morgan fingerprint density at radius 1 is 0.776 bits per heavy atom. The summed E-state index contributed by atoms with van der Waals surface area (Å²) in [5.41, 5.74) is 3.51. The lowest BCUT2D eigenvalue weighted by Crippen LogP contribution is -2.35. The van der Waals surface area contributed by atoms with Crippen LogP contribution in [0.1, 0.15) is 16.2 Å². The highest BCUT2D eigenvalue weighted by Crippen LogP contribution is 2.33. The molecule has 2 saturated heterocycles. The van der Waals surface area contributed by atoms with Crippen LogP contribution < -0.4 is 20.9 Å². The van der Waals surface area contributed by atoms with Gasteiger partial charge in [0.05, 0.1) is 27.9 Å². The largest absolute Gasteiger partial charge is 0.433 e. The smallest absolute Gasteiger partial charge is 0.401 e. The first-order chi connectivity index (χ1) is 23.1. The van der Waals surface area contributed by atoms with Crippen LogP contribution in [0.2, 0.25) is 0 Å². The molecule has 4 heterocycles. The van der Waals surface area contributed by atoms with E-state index < -0.39 is 51.1 Å². The van der Waals surface area contributed by atoms with E-state index in [2.05, 4.69) is 33.4 Å². The zero-order chi connectivity index (χ0) is 35.6. The Bertz CT molecular complexity index is 2090. The van der Waals surface area contributed by atoms with Crippen molar-refractivity contribution in [2.45, 2.75) is 6.18 Å². The lowest BCUT2D eigenvalue weighted by atomic mass is 10.1. The van der Waals surface area contributed by atoms with Crippen molar-refractivity contribution in [2.75, 3.05) is 10.0 Å². The molecular formula is C29H16F3IN6O9S. The molecule has 0 aliphatic carbocycles. The van der Waals surface area contributed by atoms with Crippen LogP contribution in [0, 0.1) is 23.8 Å². The topological polar surface area (TPSA) is 198 Å². The van der Waals surface area contributed by atoms with Gasteiger partial charge < -0.3 is 4.42 Å². The summed E-state index contributed by atoms with van der Waals surface area (Å²) in [5, 5.41) is 22.9. The highest BCUT2D eigenvalue weighted by molar-refractivity contribution is 14.1. The minimum Gasteiger partial charge on any atom is -0.401 e. The summed E-state index contributed by atoms with van der Waals surface area (Å²) in [5.74, 6) is -3.24. The van der Waals surface area contributed by atoms with E-state index in [4.69, 9.17) is 4.42 Å². The summed E-state index contributed by atoms with van der Waals surface area (Å²) in [6, 6.07) is 16.0. The van der Waals surface area contributed by atoms with E-state index in [1.165, 1.54) is 30.3 Å². The monoisotopic (exact) mass is 808 g/mol. The van der Waals surface area contributed by atoms with Gasteiger partial charge in [0.2, 0.25) is 0 Å².